The molecular formula is C18H17BrFNO3. The molecule has 1 saturated heterocycles. The maximum absolute atomic E-state index is 14.1. The number of ether oxygens (including phenoxy) is 1. The van der Waals surface area contributed by atoms with Crippen molar-refractivity contribution in [3.63, 3.8) is 0 Å². The first-order valence-electron chi connectivity index (χ1n) is 7.58. The molecule has 1 N–H and O–H groups in total. The fourth-order valence-electron chi connectivity index (χ4n) is 3.04. The summed E-state index contributed by atoms with van der Waals surface area (Å²) in [5.74, 6) is -0.0866. The lowest BCUT2D eigenvalue weighted by Crippen LogP contribution is -2.32. The molecule has 3 rings (SSSR count). The topological polar surface area (TPSA) is 49.8 Å². The minimum absolute atomic E-state index is 0.177. The van der Waals surface area contributed by atoms with Gasteiger partial charge in [-0.15, -0.1) is 0 Å². The minimum Gasteiger partial charge on any atom is -0.496 e. The molecule has 126 valence electrons. The third-order valence-corrected chi connectivity index (χ3v) is 4.86. The Labute approximate surface area is 148 Å². The molecule has 2 atom stereocenters. The van der Waals surface area contributed by atoms with Crippen molar-refractivity contribution in [3.05, 3.63) is 63.9 Å². The van der Waals surface area contributed by atoms with Crippen LogP contribution in [0.3, 0.4) is 0 Å². The number of nitrogens with zero attached hydrogens (tertiary/aromatic N) is 1. The number of aliphatic hydroxyl groups is 1. The molecule has 1 aliphatic rings. The van der Waals surface area contributed by atoms with Gasteiger partial charge in [0.25, 0.3) is 5.91 Å². The normalized spacial score (nSPS) is 20.2. The molecule has 0 saturated carbocycles. The van der Waals surface area contributed by atoms with Gasteiger partial charge < -0.3 is 14.7 Å². The number of carbonyl (C=O) groups is 1. The van der Waals surface area contributed by atoms with Crippen molar-refractivity contribution in [1.29, 1.82) is 0 Å². The highest BCUT2D eigenvalue weighted by atomic mass is 79.9. The van der Waals surface area contributed by atoms with Crippen LogP contribution in [0.5, 0.6) is 5.75 Å². The molecule has 0 radical (unpaired) electrons. The van der Waals surface area contributed by atoms with Gasteiger partial charge in [0.05, 0.1) is 23.7 Å². The number of amides is 1. The Kier molecular flexibility index (Phi) is 4.87. The van der Waals surface area contributed by atoms with E-state index in [1.165, 1.54) is 18.1 Å². The lowest BCUT2D eigenvalue weighted by atomic mass is 10.0. The Morgan fingerprint density at radius 1 is 1.33 bits per heavy atom. The number of hydrogen-bond acceptors (Lipinski definition) is 3. The van der Waals surface area contributed by atoms with Gasteiger partial charge in [0.15, 0.2) is 0 Å². The summed E-state index contributed by atoms with van der Waals surface area (Å²) < 4.78 is 20.1. The van der Waals surface area contributed by atoms with Gasteiger partial charge in [-0.1, -0.05) is 18.2 Å². The van der Waals surface area contributed by atoms with Crippen molar-refractivity contribution >= 4 is 21.8 Å². The van der Waals surface area contributed by atoms with Gasteiger partial charge in [-0.2, -0.15) is 0 Å². The van der Waals surface area contributed by atoms with Crippen LogP contribution in [0.15, 0.2) is 46.9 Å². The molecule has 6 heteroatoms. The molecule has 4 nitrogen and oxygen atoms in total. The highest BCUT2D eigenvalue weighted by molar-refractivity contribution is 9.10. The van der Waals surface area contributed by atoms with Crippen LogP contribution < -0.4 is 4.74 Å². The van der Waals surface area contributed by atoms with E-state index in [4.69, 9.17) is 4.74 Å². The number of methoxy groups -OCH3 is 1. The van der Waals surface area contributed by atoms with Gasteiger partial charge in [0.1, 0.15) is 11.6 Å². The third kappa shape index (κ3) is 3.16. The van der Waals surface area contributed by atoms with Crippen LogP contribution in [0.1, 0.15) is 28.4 Å². The van der Waals surface area contributed by atoms with Crippen molar-refractivity contribution in [1.82, 2.24) is 4.90 Å². The SMILES string of the molecule is COc1cc(C(=O)N2CC(O)C[C@@H]2c2ccccc2F)ccc1Br. The van der Waals surface area contributed by atoms with Gasteiger partial charge in [-0.3, -0.25) is 4.79 Å². The van der Waals surface area contributed by atoms with E-state index in [0.717, 1.165) is 4.47 Å². The van der Waals surface area contributed by atoms with E-state index in [2.05, 4.69) is 15.9 Å². The van der Waals surface area contributed by atoms with Gasteiger partial charge in [-0.25, -0.2) is 4.39 Å². The molecule has 24 heavy (non-hydrogen) atoms. The number of β-amino-alcohol motifs (C(OH)–C–C–N with tert-alkyl or cyclic N) is 1. The first kappa shape index (κ1) is 16.9. The maximum Gasteiger partial charge on any atom is 0.254 e. The van der Waals surface area contributed by atoms with Crippen LogP contribution in [-0.2, 0) is 0 Å². The van der Waals surface area contributed by atoms with Crippen LogP contribution in [0, 0.1) is 5.82 Å². The molecular weight excluding hydrogens is 377 g/mol. The molecule has 2 aromatic carbocycles. The van der Waals surface area contributed by atoms with E-state index in [1.54, 1.807) is 36.4 Å². The molecule has 1 unspecified atom stereocenters. The molecule has 1 fully saturated rings. The summed E-state index contributed by atoms with van der Waals surface area (Å²) in [6, 6.07) is 10.9. The average molecular weight is 394 g/mol. The highest BCUT2D eigenvalue weighted by Crippen LogP contribution is 2.35. The third-order valence-electron chi connectivity index (χ3n) is 4.20. The Morgan fingerprint density at radius 2 is 2.08 bits per heavy atom. The van der Waals surface area contributed by atoms with Crippen LogP contribution in [0.2, 0.25) is 0 Å². The number of carbonyl (C=O) groups excluding carboxylic acids is 1. The molecule has 0 spiro atoms. The Hall–Kier alpha value is -1.92. The number of benzene rings is 2. The zero-order valence-corrected chi connectivity index (χ0v) is 14.7. The average Bonchev–Trinajstić information content (AvgIpc) is 2.96. The number of likely N-dealkylation sites (tertiary alicyclic amines) is 1. The molecule has 1 heterocycles. The zero-order chi connectivity index (χ0) is 17.3. The molecule has 0 bridgehead atoms. The molecule has 2 aromatic rings. The van der Waals surface area contributed by atoms with Crippen LogP contribution in [0.4, 0.5) is 4.39 Å². The summed E-state index contributed by atoms with van der Waals surface area (Å²) in [5.41, 5.74) is 0.858. The minimum atomic E-state index is -0.670. The first-order valence-corrected chi connectivity index (χ1v) is 8.37. The number of halogens is 2. The monoisotopic (exact) mass is 393 g/mol. The van der Waals surface area contributed by atoms with E-state index >= 15 is 0 Å². The second kappa shape index (κ2) is 6.91. The Balaban J connectivity index is 1.94. The van der Waals surface area contributed by atoms with Crippen LogP contribution in [-0.4, -0.2) is 35.7 Å². The van der Waals surface area contributed by atoms with Gasteiger partial charge in [-0.05, 0) is 46.6 Å². The van der Waals surface area contributed by atoms with Crippen LogP contribution in [0.25, 0.3) is 0 Å². The fraction of sp³-hybridized carbons (Fsp3) is 0.278. The molecule has 0 aliphatic carbocycles. The van der Waals surface area contributed by atoms with E-state index in [0.29, 0.717) is 23.3 Å². The van der Waals surface area contributed by atoms with Crippen LogP contribution >= 0.6 is 15.9 Å². The summed E-state index contributed by atoms with van der Waals surface area (Å²) >= 11 is 3.35. The Morgan fingerprint density at radius 3 is 2.79 bits per heavy atom. The number of aliphatic hydroxyl groups excluding tert-OH is 1. The molecule has 1 aliphatic heterocycles. The number of hydrogen-bond donors (Lipinski definition) is 1. The van der Waals surface area contributed by atoms with Crippen molar-refractivity contribution in [2.75, 3.05) is 13.7 Å². The number of rotatable bonds is 3. The Bertz CT molecular complexity index is 768. The second-order valence-electron chi connectivity index (χ2n) is 5.73. The van der Waals surface area contributed by atoms with Gasteiger partial charge >= 0.3 is 0 Å². The summed E-state index contributed by atoms with van der Waals surface area (Å²) in [4.78, 5) is 14.4. The zero-order valence-electron chi connectivity index (χ0n) is 13.1. The molecule has 0 aromatic heterocycles. The van der Waals surface area contributed by atoms with Crippen molar-refractivity contribution < 1.29 is 19.0 Å². The van der Waals surface area contributed by atoms with E-state index in [1.807, 2.05) is 0 Å². The van der Waals surface area contributed by atoms with Crippen molar-refractivity contribution in [2.24, 2.45) is 0 Å². The van der Waals surface area contributed by atoms with Gasteiger partial charge in [0, 0.05) is 17.7 Å². The summed E-state index contributed by atoms with van der Waals surface area (Å²) in [6.45, 7) is 0.177. The highest BCUT2D eigenvalue weighted by Gasteiger charge is 2.37. The van der Waals surface area contributed by atoms with Crippen molar-refractivity contribution in [2.45, 2.75) is 18.6 Å². The quantitative estimate of drug-likeness (QED) is 0.867. The second-order valence-corrected chi connectivity index (χ2v) is 6.59. The summed E-state index contributed by atoms with van der Waals surface area (Å²) in [5, 5.41) is 10.0. The molecule has 1 amide bonds. The predicted octanol–water partition coefficient (Wildman–Crippen LogP) is 3.54. The van der Waals surface area contributed by atoms with E-state index in [9.17, 15) is 14.3 Å². The summed E-state index contributed by atoms with van der Waals surface area (Å²) in [6.07, 6.45) is -0.351. The lowest BCUT2D eigenvalue weighted by molar-refractivity contribution is 0.0713. The smallest absolute Gasteiger partial charge is 0.254 e. The largest absolute Gasteiger partial charge is 0.496 e. The van der Waals surface area contributed by atoms with E-state index < -0.39 is 12.1 Å². The van der Waals surface area contributed by atoms with E-state index in [-0.39, 0.29) is 18.3 Å². The maximum atomic E-state index is 14.1. The summed E-state index contributed by atoms with van der Waals surface area (Å²) in [7, 11) is 1.52. The first-order chi connectivity index (χ1) is 11.5. The van der Waals surface area contributed by atoms with Gasteiger partial charge in [0.2, 0.25) is 0 Å². The predicted molar refractivity (Wildman–Crippen MR) is 91.5 cm³/mol. The van der Waals surface area contributed by atoms with Crippen molar-refractivity contribution in [3.8, 4) is 5.75 Å². The standard InChI is InChI=1S/C18H17BrFNO3/c1-24-17-8-11(6-7-14(17)19)18(23)21-10-12(22)9-16(21)13-4-2-3-5-15(13)20/h2-8,12,16,22H,9-10H2,1H3/t12?,16-/m1/s1. The lowest BCUT2D eigenvalue weighted by Gasteiger charge is -2.25. The fourth-order valence-corrected chi connectivity index (χ4v) is 3.45.